The molecular weight excluding hydrogens is 328 g/mol. The van der Waals surface area contributed by atoms with Crippen LogP contribution in [0.3, 0.4) is 0 Å². The zero-order valence-electron chi connectivity index (χ0n) is 14.5. The lowest BCUT2D eigenvalue weighted by Crippen LogP contribution is -2.41. The predicted octanol–water partition coefficient (Wildman–Crippen LogP) is 3.18. The highest BCUT2D eigenvalue weighted by molar-refractivity contribution is 7.89. The molecular formula is C17H22N2O4S. The SMILES string of the molecule is Cc1ccc2c(c1)C(NS(=O)(=O)c1c(C)noc1C)CC(C)(C)O2. The smallest absolute Gasteiger partial charge is 0.246 e. The van der Waals surface area contributed by atoms with E-state index in [9.17, 15) is 8.42 Å². The lowest BCUT2D eigenvalue weighted by atomic mass is 9.89. The van der Waals surface area contributed by atoms with Gasteiger partial charge >= 0.3 is 0 Å². The van der Waals surface area contributed by atoms with Crippen LogP contribution in [0.4, 0.5) is 0 Å². The fourth-order valence-electron chi connectivity index (χ4n) is 3.18. The van der Waals surface area contributed by atoms with E-state index in [4.69, 9.17) is 9.26 Å². The Morgan fingerprint density at radius 3 is 2.58 bits per heavy atom. The molecule has 0 aliphatic carbocycles. The molecule has 1 aromatic carbocycles. The van der Waals surface area contributed by atoms with Crippen LogP contribution >= 0.6 is 0 Å². The Labute approximate surface area is 142 Å². The van der Waals surface area contributed by atoms with Crippen LogP contribution < -0.4 is 9.46 Å². The van der Waals surface area contributed by atoms with Gasteiger partial charge in [0.2, 0.25) is 10.0 Å². The van der Waals surface area contributed by atoms with Gasteiger partial charge < -0.3 is 9.26 Å². The first-order valence-corrected chi connectivity index (χ1v) is 9.32. The summed E-state index contributed by atoms with van der Waals surface area (Å²) in [7, 11) is -3.75. The van der Waals surface area contributed by atoms with Crippen molar-refractivity contribution in [2.24, 2.45) is 0 Å². The van der Waals surface area contributed by atoms with Crippen LogP contribution in [0.5, 0.6) is 5.75 Å². The maximum absolute atomic E-state index is 12.9. The topological polar surface area (TPSA) is 81.4 Å². The normalized spacial score (nSPS) is 19.6. The second-order valence-electron chi connectivity index (χ2n) is 6.93. The molecule has 24 heavy (non-hydrogen) atoms. The summed E-state index contributed by atoms with van der Waals surface area (Å²) in [4.78, 5) is 0.112. The van der Waals surface area contributed by atoms with E-state index >= 15 is 0 Å². The molecule has 3 rings (SSSR count). The average Bonchev–Trinajstić information content (AvgIpc) is 2.78. The Kier molecular flexibility index (Phi) is 3.96. The maximum Gasteiger partial charge on any atom is 0.246 e. The zero-order chi connectivity index (χ0) is 17.7. The Bertz CT molecular complexity index is 864. The average molecular weight is 350 g/mol. The number of fused-ring (bicyclic) bond motifs is 1. The van der Waals surface area contributed by atoms with Gasteiger partial charge in [0.25, 0.3) is 0 Å². The van der Waals surface area contributed by atoms with E-state index in [1.807, 2.05) is 39.0 Å². The summed E-state index contributed by atoms with van der Waals surface area (Å²) in [5.74, 6) is 0.999. The maximum atomic E-state index is 12.9. The predicted molar refractivity (Wildman–Crippen MR) is 89.5 cm³/mol. The van der Waals surface area contributed by atoms with Gasteiger partial charge in [-0.1, -0.05) is 22.9 Å². The molecule has 6 nitrogen and oxygen atoms in total. The third-order valence-corrected chi connectivity index (χ3v) is 5.87. The molecule has 1 unspecified atom stereocenters. The van der Waals surface area contributed by atoms with Crippen LogP contribution in [0, 0.1) is 20.8 Å². The molecule has 0 fully saturated rings. The van der Waals surface area contributed by atoms with Gasteiger partial charge in [-0.3, -0.25) is 0 Å². The van der Waals surface area contributed by atoms with Crippen LogP contribution in [-0.2, 0) is 10.0 Å². The van der Waals surface area contributed by atoms with Gasteiger partial charge in [-0.05, 0) is 40.7 Å². The number of nitrogens with one attached hydrogen (secondary N) is 1. The molecule has 1 aliphatic heterocycles. The number of aryl methyl sites for hydroxylation is 3. The number of aromatic nitrogens is 1. The molecule has 2 aromatic rings. The van der Waals surface area contributed by atoms with Gasteiger partial charge in [0.1, 0.15) is 21.9 Å². The number of benzene rings is 1. The summed E-state index contributed by atoms with van der Waals surface area (Å²) in [6.07, 6.45) is 0.534. The largest absolute Gasteiger partial charge is 0.487 e. The molecule has 0 saturated heterocycles. The second kappa shape index (κ2) is 5.60. The van der Waals surface area contributed by atoms with Crippen LogP contribution in [-0.4, -0.2) is 19.2 Å². The Morgan fingerprint density at radius 1 is 1.25 bits per heavy atom. The summed E-state index contributed by atoms with van der Waals surface area (Å²) in [5, 5.41) is 3.74. The lowest BCUT2D eigenvalue weighted by molar-refractivity contribution is 0.0701. The van der Waals surface area contributed by atoms with E-state index in [0.717, 1.165) is 11.1 Å². The number of hydrogen-bond acceptors (Lipinski definition) is 5. The Balaban J connectivity index is 2.02. The Hall–Kier alpha value is -1.86. The third-order valence-electron chi connectivity index (χ3n) is 4.16. The van der Waals surface area contributed by atoms with Crippen molar-refractivity contribution in [2.75, 3.05) is 0 Å². The number of ether oxygens (including phenoxy) is 1. The van der Waals surface area contributed by atoms with Crippen molar-refractivity contribution in [1.29, 1.82) is 0 Å². The minimum atomic E-state index is -3.75. The van der Waals surface area contributed by atoms with Gasteiger partial charge in [-0.2, -0.15) is 0 Å². The van der Waals surface area contributed by atoms with Crippen molar-refractivity contribution in [3.8, 4) is 5.75 Å². The molecule has 7 heteroatoms. The van der Waals surface area contributed by atoms with Gasteiger partial charge in [0.15, 0.2) is 5.76 Å². The second-order valence-corrected chi connectivity index (χ2v) is 8.59. The van der Waals surface area contributed by atoms with E-state index in [1.165, 1.54) is 0 Å². The standard InChI is InChI=1S/C17H22N2O4S/c1-10-6-7-15-13(8-10)14(9-17(4,5)22-15)19-24(20,21)16-11(2)18-23-12(16)3/h6-8,14,19H,9H2,1-5H3. The van der Waals surface area contributed by atoms with Crippen molar-refractivity contribution in [3.63, 3.8) is 0 Å². The molecule has 0 spiro atoms. The summed E-state index contributed by atoms with van der Waals surface area (Å²) in [6, 6.07) is 5.44. The van der Waals surface area contributed by atoms with E-state index in [-0.39, 0.29) is 16.7 Å². The van der Waals surface area contributed by atoms with Crippen molar-refractivity contribution >= 4 is 10.0 Å². The van der Waals surface area contributed by atoms with Crippen LogP contribution in [0.2, 0.25) is 0 Å². The van der Waals surface area contributed by atoms with Crippen LogP contribution in [0.25, 0.3) is 0 Å². The summed E-state index contributed by atoms with van der Waals surface area (Å²) < 4.78 is 39.5. The third kappa shape index (κ3) is 3.06. The molecule has 0 amide bonds. The number of hydrogen-bond donors (Lipinski definition) is 1. The number of rotatable bonds is 3. The van der Waals surface area contributed by atoms with Crippen molar-refractivity contribution in [2.45, 2.75) is 57.6 Å². The fraction of sp³-hybridized carbons (Fsp3) is 0.471. The number of nitrogens with zero attached hydrogens (tertiary/aromatic N) is 1. The molecule has 0 radical (unpaired) electrons. The van der Waals surface area contributed by atoms with Crippen molar-refractivity contribution in [3.05, 3.63) is 40.8 Å². The lowest BCUT2D eigenvalue weighted by Gasteiger charge is -2.37. The molecule has 130 valence electrons. The molecule has 1 aliphatic rings. The van der Waals surface area contributed by atoms with E-state index < -0.39 is 15.6 Å². The molecule has 0 saturated carbocycles. The highest BCUT2D eigenvalue weighted by Crippen LogP contribution is 2.40. The Morgan fingerprint density at radius 2 is 1.96 bits per heavy atom. The minimum absolute atomic E-state index is 0.112. The first-order chi connectivity index (χ1) is 11.1. The molecule has 1 aromatic heterocycles. The highest BCUT2D eigenvalue weighted by atomic mass is 32.2. The molecule has 1 atom stereocenters. The number of sulfonamides is 1. The molecule has 2 heterocycles. The first kappa shape index (κ1) is 17.0. The van der Waals surface area contributed by atoms with Gasteiger partial charge in [-0.25, -0.2) is 13.1 Å². The first-order valence-electron chi connectivity index (χ1n) is 7.84. The molecule has 1 N–H and O–H groups in total. The van der Waals surface area contributed by atoms with Crippen LogP contribution in [0.15, 0.2) is 27.6 Å². The quantitative estimate of drug-likeness (QED) is 0.919. The molecule has 0 bridgehead atoms. The van der Waals surface area contributed by atoms with E-state index in [1.54, 1.807) is 13.8 Å². The fourth-order valence-corrected chi connectivity index (χ4v) is 4.73. The van der Waals surface area contributed by atoms with E-state index in [2.05, 4.69) is 9.88 Å². The van der Waals surface area contributed by atoms with Gasteiger partial charge in [0.05, 0.1) is 6.04 Å². The van der Waals surface area contributed by atoms with E-state index in [0.29, 0.717) is 17.9 Å². The highest BCUT2D eigenvalue weighted by Gasteiger charge is 2.37. The van der Waals surface area contributed by atoms with Gasteiger partial charge in [0, 0.05) is 12.0 Å². The van der Waals surface area contributed by atoms with Crippen molar-refractivity contribution in [1.82, 2.24) is 9.88 Å². The zero-order valence-corrected chi connectivity index (χ0v) is 15.3. The minimum Gasteiger partial charge on any atom is -0.487 e. The summed E-state index contributed by atoms with van der Waals surface area (Å²) in [6.45, 7) is 9.09. The summed E-state index contributed by atoms with van der Waals surface area (Å²) >= 11 is 0. The monoisotopic (exact) mass is 350 g/mol. The van der Waals surface area contributed by atoms with Crippen molar-refractivity contribution < 1.29 is 17.7 Å². The summed E-state index contributed by atoms with van der Waals surface area (Å²) in [5.41, 5.74) is 1.80. The van der Waals surface area contributed by atoms with Gasteiger partial charge in [-0.15, -0.1) is 0 Å². The van der Waals surface area contributed by atoms with Crippen LogP contribution in [0.1, 0.15) is 48.9 Å².